The van der Waals surface area contributed by atoms with E-state index < -0.39 is 5.97 Å². The minimum Gasteiger partial charge on any atom is -0.477 e. The van der Waals surface area contributed by atoms with Crippen molar-refractivity contribution in [3.8, 4) is 6.07 Å². The fraction of sp³-hybridized carbons (Fsp3) is 0.158. The molecule has 0 unspecified atom stereocenters. The summed E-state index contributed by atoms with van der Waals surface area (Å²) >= 11 is 1.71. The molecule has 0 amide bonds. The van der Waals surface area contributed by atoms with Gasteiger partial charge in [-0.05, 0) is 55.5 Å². The molecule has 23 heavy (non-hydrogen) atoms. The molecule has 0 aromatic carbocycles. The Morgan fingerprint density at radius 2 is 1.91 bits per heavy atom. The first-order valence-corrected chi connectivity index (χ1v) is 7.90. The van der Waals surface area contributed by atoms with Gasteiger partial charge in [-0.25, -0.2) is 4.79 Å². The zero-order chi connectivity index (χ0) is 17.2. The van der Waals surface area contributed by atoms with Gasteiger partial charge in [-0.1, -0.05) is 36.0 Å². The van der Waals surface area contributed by atoms with Crippen LogP contribution in [0.3, 0.4) is 0 Å². The number of nitrogens with zero attached hydrogens (tertiary/aromatic N) is 1. The molecule has 0 atom stereocenters. The number of carboxylic acids is 1. The van der Waals surface area contributed by atoms with Crippen LogP contribution in [-0.2, 0) is 4.79 Å². The van der Waals surface area contributed by atoms with Gasteiger partial charge in [-0.3, -0.25) is 0 Å². The first-order valence-electron chi connectivity index (χ1n) is 7.02. The highest BCUT2D eigenvalue weighted by Gasteiger charge is 2.04. The Hall–Kier alpha value is -2.64. The molecule has 0 aliphatic rings. The van der Waals surface area contributed by atoms with Crippen molar-refractivity contribution in [2.45, 2.75) is 20.8 Å². The molecule has 0 spiro atoms. The van der Waals surface area contributed by atoms with Crippen molar-refractivity contribution in [3.05, 3.63) is 75.1 Å². The zero-order valence-electron chi connectivity index (χ0n) is 13.4. The van der Waals surface area contributed by atoms with Crippen molar-refractivity contribution >= 4 is 23.4 Å². The molecule has 0 aliphatic heterocycles. The number of thiophene rings is 1. The lowest BCUT2D eigenvalue weighted by Crippen LogP contribution is -1.97. The summed E-state index contributed by atoms with van der Waals surface area (Å²) in [6.07, 6.45) is 12.9. The van der Waals surface area contributed by atoms with E-state index in [0.717, 1.165) is 5.57 Å². The molecule has 0 fully saturated rings. The van der Waals surface area contributed by atoms with Gasteiger partial charge in [0.2, 0.25) is 0 Å². The maximum atomic E-state index is 10.7. The minimum absolute atomic E-state index is 0.270. The molecule has 0 bridgehead atoms. The number of allylic oxidation sites excluding steroid dienone is 8. The molecule has 0 saturated heterocycles. The Balaban J connectivity index is 2.66. The lowest BCUT2D eigenvalue weighted by atomic mass is 10.1. The monoisotopic (exact) mass is 325 g/mol. The number of aliphatic carboxylic acids is 1. The van der Waals surface area contributed by atoms with E-state index in [1.54, 1.807) is 30.4 Å². The second-order valence-corrected chi connectivity index (χ2v) is 5.98. The van der Waals surface area contributed by atoms with Gasteiger partial charge >= 0.3 is 5.97 Å². The summed E-state index contributed by atoms with van der Waals surface area (Å²) in [6.45, 7) is 5.83. The van der Waals surface area contributed by atoms with Gasteiger partial charge in [-0.15, -0.1) is 11.3 Å². The van der Waals surface area contributed by atoms with E-state index in [2.05, 4.69) is 24.4 Å². The van der Waals surface area contributed by atoms with Crippen LogP contribution in [0.15, 0.2) is 64.6 Å². The van der Waals surface area contributed by atoms with Gasteiger partial charge in [-0.2, -0.15) is 5.26 Å². The molecule has 0 saturated carbocycles. The van der Waals surface area contributed by atoms with E-state index in [0.29, 0.717) is 5.57 Å². The predicted molar refractivity (Wildman–Crippen MR) is 96.1 cm³/mol. The minimum atomic E-state index is -1.21. The van der Waals surface area contributed by atoms with Crippen molar-refractivity contribution in [1.82, 2.24) is 0 Å². The first-order chi connectivity index (χ1) is 10.9. The summed E-state index contributed by atoms with van der Waals surface area (Å²) in [7, 11) is 0. The molecule has 0 radical (unpaired) electrons. The largest absolute Gasteiger partial charge is 0.477 e. The van der Waals surface area contributed by atoms with Crippen LogP contribution in [0.2, 0.25) is 0 Å². The summed E-state index contributed by atoms with van der Waals surface area (Å²) in [6, 6.07) is 3.79. The van der Waals surface area contributed by atoms with E-state index in [4.69, 9.17) is 10.4 Å². The third kappa shape index (κ3) is 7.25. The number of rotatable bonds is 6. The fourth-order valence-electron chi connectivity index (χ4n) is 1.64. The predicted octanol–water partition coefficient (Wildman–Crippen LogP) is 5.05. The van der Waals surface area contributed by atoms with Crippen molar-refractivity contribution in [2.24, 2.45) is 0 Å². The third-order valence-corrected chi connectivity index (χ3v) is 3.83. The zero-order valence-corrected chi connectivity index (χ0v) is 14.2. The average Bonchev–Trinajstić information content (AvgIpc) is 2.92. The van der Waals surface area contributed by atoms with E-state index in [-0.39, 0.29) is 5.57 Å². The topological polar surface area (TPSA) is 61.1 Å². The molecule has 3 nitrogen and oxygen atoms in total. The van der Waals surface area contributed by atoms with Crippen LogP contribution in [0.4, 0.5) is 0 Å². The Bertz CT molecular complexity index is 753. The SMILES string of the molecule is CC(C=Cc1cc(C)cs1)=CC=CC=C(C)C=C(C#N)C(=O)O. The summed E-state index contributed by atoms with van der Waals surface area (Å²) in [4.78, 5) is 11.9. The molecule has 1 heterocycles. The van der Waals surface area contributed by atoms with E-state index in [9.17, 15) is 4.79 Å². The number of aryl methyl sites for hydroxylation is 1. The number of nitriles is 1. The second-order valence-electron chi connectivity index (χ2n) is 5.04. The summed E-state index contributed by atoms with van der Waals surface area (Å²) in [5.41, 5.74) is 2.81. The van der Waals surface area contributed by atoms with E-state index in [1.807, 2.05) is 31.2 Å². The third-order valence-electron chi connectivity index (χ3n) is 2.81. The number of hydrogen-bond acceptors (Lipinski definition) is 3. The maximum Gasteiger partial charge on any atom is 0.346 e. The van der Waals surface area contributed by atoms with E-state index >= 15 is 0 Å². The van der Waals surface area contributed by atoms with Gasteiger partial charge in [0.25, 0.3) is 0 Å². The lowest BCUT2D eigenvalue weighted by molar-refractivity contribution is -0.132. The Kier molecular flexibility index (Phi) is 7.52. The van der Waals surface area contributed by atoms with Crippen molar-refractivity contribution < 1.29 is 9.90 Å². The Morgan fingerprint density at radius 1 is 1.26 bits per heavy atom. The molecule has 1 N–H and O–H groups in total. The van der Waals surface area contributed by atoms with Crippen LogP contribution < -0.4 is 0 Å². The Labute approximate surface area is 140 Å². The number of carbonyl (C=O) groups is 1. The summed E-state index contributed by atoms with van der Waals surface area (Å²) in [5, 5.41) is 19.6. The first kappa shape index (κ1) is 18.4. The highest BCUT2D eigenvalue weighted by atomic mass is 32.1. The quantitative estimate of drug-likeness (QED) is 0.452. The van der Waals surface area contributed by atoms with Crippen molar-refractivity contribution in [3.63, 3.8) is 0 Å². The smallest absolute Gasteiger partial charge is 0.346 e. The van der Waals surface area contributed by atoms with Crippen LogP contribution in [-0.4, -0.2) is 11.1 Å². The van der Waals surface area contributed by atoms with Crippen LogP contribution >= 0.6 is 11.3 Å². The number of hydrogen-bond donors (Lipinski definition) is 1. The normalized spacial score (nSPS) is 13.7. The standard InChI is InChI=1S/C19H19NO2S/c1-14(8-9-18-11-16(3)13-23-18)6-4-5-7-15(2)10-17(12-20)19(21)22/h4-11,13H,1-3H3,(H,21,22). The van der Waals surface area contributed by atoms with E-state index in [1.165, 1.54) is 16.5 Å². The van der Waals surface area contributed by atoms with Gasteiger partial charge in [0.1, 0.15) is 11.6 Å². The fourth-order valence-corrected chi connectivity index (χ4v) is 2.43. The van der Waals surface area contributed by atoms with Crippen molar-refractivity contribution in [1.29, 1.82) is 5.26 Å². The second kappa shape index (κ2) is 9.39. The molecular weight excluding hydrogens is 306 g/mol. The molecule has 1 rings (SSSR count). The van der Waals surface area contributed by atoms with Crippen LogP contribution in [0, 0.1) is 18.3 Å². The Morgan fingerprint density at radius 3 is 2.43 bits per heavy atom. The maximum absolute atomic E-state index is 10.7. The molecule has 1 aromatic heterocycles. The summed E-state index contributed by atoms with van der Waals surface area (Å²) < 4.78 is 0. The highest BCUT2D eigenvalue weighted by molar-refractivity contribution is 7.11. The lowest BCUT2D eigenvalue weighted by Gasteiger charge is -1.91. The van der Waals surface area contributed by atoms with Crippen LogP contribution in [0.1, 0.15) is 24.3 Å². The van der Waals surface area contributed by atoms with Gasteiger partial charge in [0.05, 0.1) is 0 Å². The number of carboxylic acid groups (broad SMARTS) is 1. The molecule has 118 valence electrons. The average molecular weight is 325 g/mol. The van der Waals surface area contributed by atoms with Gasteiger partial charge in [0.15, 0.2) is 0 Å². The molecule has 4 heteroatoms. The molecular formula is C19H19NO2S. The molecule has 0 aliphatic carbocycles. The van der Waals surface area contributed by atoms with Crippen LogP contribution in [0.5, 0.6) is 0 Å². The summed E-state index contributed by atoms with van der Waals surface area (Å²) in [5.74, 6) is -1.21. The van der Waals surface area contributed by atoms with Crippen LogP contribution in [0.25, 0.3) is 6.08 Å². The molecule has 1 aromatic rings. The van der Waals surface area contributed by atoms with Gasteiger partial charge < -0.3 is 5.11 Å². The van der Waals surface area contributed by atoms with Gasteiger partial charge in [0, 0.05) is 4.88 Å². The highest BCUT2D eigenvalue weighted by Crippen LogP contribution is 2.16. The van der Waals surface area contributed by atoms with Crippen molar-refractivity contribution in [2.75, 3.05) is 0 Å².